The van der Waals surface area contributed by atoms with E-state index < -0.39 is 6.43 Å². The zero-order valence-electron chi connectivity index (χ0n) is 6.69. The van der Waals surface area contributed by atoms with Crippen molar-refractivity contribution >= 4 is 0 Å². The lowest BCUT2D eigenvalue weighted by atomic mass is 10.3. The van der Waals surface area contributed by atoms with Gasteiger partial charge in [-0.2, -0.15) is 0 Å². The van der Waals surface area contributed by atoms with Crippen LogP contribution >= 0.6 is 0 Å². The summed E-state index contributed by atoms with van der Waals surface area (Å²) in [6.07, 6.45) is -1.20. The van der Waals surface area contributed by atoms with E-state index in [9.17, 15) is 8.78 Å². The van der Waals surface area contributed by atoms with Crippen LogP contribution in [0.4, 0.5) is 8.78 Å². The topological polar surface area (TPSA) is 15.3 Å². The Hall–Kier alpha value is -0.220. The van der Waals surface area contributed by atoms with Crippen LogP contribution in [0.2, 0.25) is 0 Å². The van der Waals surface area contributed by atoms with Gasteiger partial charge in [0.2, 0.25) is 0 Å². The third-order valence-corrected chi connectivity index (χ3v) is 2.08. The lowest BCUT2D eigenvalue weighted by Crippen LogP contribution is -2.32. The normalized spacial score (nSPS) is 26.7. The third-order valence-electron chi connectivity index (χ3n) is 2.08. The molecular formula is C7H14F2N2. The highest BCUT2D eigenvalue weighted by molar-refractivity contribution is 4.79. The molecule has 1 saturated heterocycles. The fourth-order valence-electron chi connectivity index (χ4n) is 1.43. The summed E-state index contributed by atoms with van der Waals surface area (Å²) in [5.74, 6) is 0. The molecule has 0 saturated carbocycles. The summed E-state index contributed by atoms with van der Waals surface area (Å²) in [4.78, 5) is 1.80. The molecule has 1 fully saturated rings. The Balaban J connectivity index is 2.19. The maximum Gasteiger partial charge on any atom is 0.251 e. The van der Waals surface area contributed by atoms with Gasteiger partial charge in [0, 0.05) is 12.6 Å². The zero-order chi connectivity index (χ0) is 8.27. The van der Waals surface area contributed by atoms with Crippen molar-refractivity contribution in [1.82, 2.24) is 10.2 Å². The van der Waals surface area contributed by atoms with Crippen molar-refractivity contribution in [2.75, 3.05) is 26.7 Å². The van der Waals surface area contributed by atoms with Crippen LogP contribution in [0.15, 0.2) is 0 Å². The van der Waals surface area contributed by atoms with Crippen molar-refractivity contribution in [3.8, 4) is 0 Å². The first-order chi connectivity index (χ1) is 5.22. The molecule has 1 rings (SSSR count). The number of likely N-dealkylation sites (N-methyl/N-ethyl adjacent to an activating group) is 1. The van der Waals surface area contributed by atoms with Crippen molar-refractivity contribution in [3.63, 3.8) is 0 Å². The molecule has 0 amide bonds. The fraction of sp³-hybridized carbons (Fsp3) is 1.00. The predicted molar refractivity (Wildman–Crippen MR) is 39.9 cm³/mol. The second-order valence-corrected chi connectivity index (χ2v) is 2.92. The van der Waals surface area contributed by atoms with Gasteiger partial charge in [0.05, 0.1) is 6.54 Å². The van der Waals surface area contributed by atoms with Crippen molar-refractivity contribution in [1.29, 1.82) is 0 Å². The number of halogens is 2. The van der Waals surface area contributed by atoms with E-state index in [1.807, 2.05) is 7.05 Å². The Morgan fingerprint density at radius 1 is 1.64 bits per heavy atom. The van der Waals surface area contributed by atoms with Gasteiger partial charge in [0.25, 0.3) is 6.43 Å². The Morgan fingerprint density at radius 3 is 2.82 bits per heavy atom. The molecule has 0 aromatic carbocycles. The van der Waals surface area contributed by atoms with Crippen molar-refractivity contribution < 1.29 is 8.78 Å². The van der Waals surface area contributed by atoms with Crippen LogP contribution in [0, 0.1) is 0 Å². The summed E-state index contributed by atoms with van der Waals surface area (Å²) in [5, 5.41) is 3.08. The smallest absolute Gasteiger partial charge is 0.251 e. The van der Waals surface area contributed by atoms with Gasteiger partial charge in [-0.05, 0) is 20.0 Å². The van der Waals surface area contributed by atoms with E-state index in [4.69, 9.17) is 0 Å². The highest BCUT2D eigenvalue weighted by Gasteiger charge is 2.22. The molecule has 2 nitrogen and oxygen atoms in total. The average molecular weight is 164 g/mol. The molecular weight excluding hydrogens is 150 g/mol. The van der Waals surface area contributed by atoms with Crippen molar-refractivity contribution in [2.24, 2.45) is 0 Å². The molecule has 1 atom stereocenters. The molecule has 11 heavy (non-hydrogen) atoms. The third kappa shape index (κ3) is 2.71. The van der Waals surface area contributed by atoms with Crippen LogP contribution in [0.25, 0.3) is 0 Å². The standard InChI is InChI=1S/C7H14F2N2/c1-10-6-2-3-11(4-6)5-7(8)9/h6-7,10H,2-5H2,1H3. The number of likely N-dealkylation sites (tertiary alicyclic amines) is 1. The first kappa shape index (κ1) is 8.87. The maximum absolute atomic E-state index is 11.9. The summed E-state index contributed by atoms with van der Waals surface area (Å²) < 4.78 is 23.7. The molecule has 0 aromatic heterocycles. The van der Waals surface area contributed by atoms with Gasteiger partial charge in [0.15, 0.2) is 0 Å². The van der Waals surface area contributed by atoms with Gasteiger partial charge >= 0.3 is 0 Å². The van der Waals surface area contributed by atoms with Crippen LogP contribution in [0.5, 0.6) is 0 Å². The summed E-state index contributed by atoms with van der Waals surface area (Å²) in [7, 11) is 1.87. The molecule has 66 valence electrons. The number of nitrogens with one attached hydrogen (secondary N) is 1. The highest BCUT2D eigenvalue weighted by Crippen LogP contribution is 2.09. The van der Waals surface area contributed by atoms with E-state index in [-0.39, 0.29) is 6.54 Å². The highest BCUT2D eigenvalue weighted by atomic mass is 19.3. The zero-order valence-corrected chi connectivity index (χ0v) is 6.69. The number of nitrogens with zero attached hydrogens (tertiary/aromatic N) is 1. The molecule has 1 unspecified atom stereocenters. The minimum atomic E-state index is -2.19. The molecule has 0 aromatic rings. The van der Waals surface area contributed by atoms with E-state index in [1.54, 1.807) is 4.90 Å². The number of rotatable bonds is 3. The molecule has 0 bridgehead atoms. The van der Waals surface area contributed by atoms with Crippen molar-refractivity contribution in [2.45, 2.75) is 18.9 Å². The van der Waals surface area contributed by atoms with Gasteiger partial charge in [-0.3, -0.25) is 4.90 Å². The number of hydrogen-bond donors (Lipinski definition) is 1. The number of hydrogen-bond acceptors (Lipinski definition) is 2. The van der Waals surface area contributed by atoms with E-state index in [0.29, 0.717) is 6.04 Å². The Bertz CT molecular complexity index is 119. The Labute approximate surface area is 65.6 Å². The largest absolute Gasteiger partial charge is 0.316 e. The second kappa shape index (κ2) is 3.97. The van der Waals surface area contributed by atoms with Crippen LogP contribution in [0.1, 0.15) is 6.42 Å². The summed E-state index contributed by atoms with van der Waals surface area (Å²) >= 11 is 0. The first-order valence-electron chi connectivity index (χ1n) is 3.90. The molecule has 1 aliphatic rings. The van der Waals surface area contributed by atoms with Crippen LogP contribution in [-0.4, -0.2) is 44.0 Å². The van der Waals surface area contributed by atoms with Crippen LogP contribution in [0.3, 0.4) is 0 Å². The SMILES string of the molecule is CNC1CCN(CC(F)F)C1. The molecule has 1 N–H and O–H groups in total. The Kier molecular flexibility index (Phi) is 3.20. The molecule has 0 aliphatic carbocycles. The van der Waals surface area contributed by atoms with Crippen molar-refractivity contribution in [3.05, 3.63) is 0 Å². The average Bonchev–Trinajstić information content (AvgIpc) is 2.34. The quantitative estimate of drug-likeness (QED) is 0.655. The van der Waals surface area contributed by atoms with Crippen LogP contribution in [-0.2, 0) is 0 Å². The van der Waals surface area contributed by atoms with E-state index in [2.05, 4.69) is 5.32 Å². The minimum Gasteiger partial charge on any atom is -0.316 e. The Morgan fingerprint density at radius 2 is 2.36 bits per heavy atom. The summed E-state index contributed by atoms with van der Waals surface area (Å²) in [6.45, 7) is 1.49. The van der Waals surface area contributed by atoms with Gasteiger partial charge in [-0.15, -0.1) is 0 Å². The lowest BCUT2D eigenvalue weighted by molar-refractivity contribution is 0.0987. The molecule has 1 aliphatic heterocycles. The molecule has 0 radical (unpaired) electrons. The predicted octanol–water partition coefficient (Wildman–Crippen LogP) is 0.545. The lowest BCUT2D eigenvalue weighted by Gasteiger charge is -2.14. The maximum atomic E-state index is 11.9. The number of alkyl halides is 2. The second-order valence-electron chi connectivity index (χ2n) is 2.92. The van der Waals surface area contributed by atoms with Crippen LogP contribution < -0.4 is 5.32 Å². The van der Waals surface area contributed by atoms with Gasteiger partial charge < -0.3 is 5.32 Å². The fourth-order valence-corrected chi connectivity index (χ4v) is 1.43. The monoisotopic (exact) mass is 164 g/mol. The molecule has 4 heteroatoms. The van der Waals surface area contributed by atoms with E-state index >= 15 is 0 Å². The minimum absolute atomic E-state index is 0.0713. The summed E-state index contributed by atoms with van der Waals surface area (Å²) in [5.41, 5.74) is 0. The summed E-state index contributed by atoms with van der Waals surface area (Å²) in [6, 6.07) is 0.411. The van der Waals surface area contributed by atoms with Gasteiger partial charge in [0.1, 0.15) is 0 Å². The first-order valence-corrected chi connectivity index (χ1v) is 3.90. The molecule has 1 heterocycles. The van der Waals surface area contributed by atoms with Gasteiger partial charge in [-0.25, -0.2) is 8.78 Å². The molecule has 0 spiro atoms. The van der Waals surface area contributed by atoms with Gasteiger partial charge in [-0.1, -0.05) is 0 Å². The van der Waals surface area contributed by atoms with E-state index in [1.165, 1.54) is 0 Å². The van der Waals surface area contributed by atoms with E-state index in [0.717, 1.165) is 19.5 Å².